The van der Waals surface area contributed by atoms with E-state index in [2.05, 4.69) is 46.0 Å². The van der Waals surface area contributed by atoms with Crippen LogP contribution in [0.2, 0.25) is 0 Å². The molecule has 0 aliphatic heterocycles. The van der Waals surface area contributed by atoms with E-state index in [1.807, 2.05) is 18.2 Å². The van der Waals surface area contributed by atoms with Gasteiger partial charge < -0.3 is 15.2 Å². The van der Waals surface area contributed by atoms with Crippen molar-refractivity contribution in [1.29, 1.82) is 0 Å². The minimum atomic E-state index is -0.435. The van der Waals surface area contributed by atoms with Crippen LogP contribution in [0.15, 0.2) is 24.3 Å². The number of benzene rings is 1. The molecule has 0 aliphatic carbocycles. The van der Waals surface area contributed by atoms with Crippen molar-refractivity contribution in [3.8, 4) is 5.75 Å². The Labute approximate surface area is 117 Å². The minimum absolute atomic E-state index is 0.0472. The maximum atomic E-state index is 9.90. The molecule has 0 amide bonds. The smallest absolute Gasteiger partial charge is 0.137 e. The fourth-order valence-corrected chi connectivity index (χ4v) is 1.90. The average Bonchev–Trinajstić information content (AvgIpc) is 2.33. The number of aliphatic hydroxyl groups excluding tert-OH is 1. The highest BCUT2D eigenvalue weighted by molar-refractivity contribution is 5.38. The number of rotatable bonds is 6. The van der Waals surface area contributed by atoms with Gasteiger partial charge in [-0.15, -0.1) is 0 Å². The Bertz CT molecular complexity index is 383. The predicted molar refractivity (Wildman–Crippen MR) is 78.6 cm³/mol. The van der Waals surface area contributed by atoms with Gasteiger partial charge >= 0.3 is 0 Å². The lowest BCUT2D eigenvalue weighted by Crippen LogP contribution is -2.90. The van der Waals surface area contributed by atoms with E-state index < -0.39 is 6.10 Å². The van der Waals surface area contributed by atoms with Crippen molar-refractivity contribution in [2.24, 2.45) is 0 Å². The maximum Gasteiger partial charge on any atom is 0.137 e. The molecule has 0 bridgehead atoms. The number of aliphatic hydroxyl groups is 1. The van der Waals surface area contributed by atoms with Gasteiger partial charge in [-0.25, -0.2) is 0 Å². The van der Waals surface area contributed by atoms with Crippen LogP contribution in [0.4, 0.5) is 0 Å². The summed E-state index contributed by atoms with van der Waals surface area (Å²) in [5.74, 6) is 0.874. The lowest BCUT2D eigenvalue weighted by atomic mass is 9.86. The number of quaternary nitrogens is 1. The topological polar surface area (TPSA) is 46.1 Å². The highest BCUT2D eigenvalue weighted by Crippen LogP contribution is 2.30. The van der Waals surface area contributed by atoms with Gasteiger partial charge in [0.2, 0.25) is 0 Å². The highest BCUT2D eigenvalue weighted by Gasteiger charge is 2.19. The van der Waals surface area contributed by atoms with Crippen molar-refractivity contribution >= 4 is 0 Å². The van der Waals surface area contributed by atoms with Crippen LogP contribution in [0.3, 0.4) is 0 Å². The fraction of sp³-hybridized carbons (Fsp3) is 0.625. The first kappa shape index (κ1) is 16.0. The molecule has 3 nitrogen and oxygen atoms in total. The van der Waals surface area contributed by atoms with Gasteiger partial charge in [-0.05, 0) is 30.9 Å². The molecule has 0 spiro atoms. The van der Waals surface area contributed by atoms with E-state index in [-0.39, 0.29) is 5.41 Å². The van der Waals surface area contributed by atoms with Crippen LogP contribution in [-0.2, 0) is 5.41 Å². The van der Waals surface area contributed by atoms with Gasteiger partial charge in [0, 0.05) is 0 Å². The van der Waals surface area contributed by atoms with Crippen LogP contribution in [0.5, 0.6) is 5.75 Å². The van der Waals surface area contributed by atoms with Gasteiger partial charge in [0.05, 0.1) is 6.04 Å². The molecule has 19 heavy (non-hydrogen) atoms. The van der Waals surface area contributed by atoms with Crippen molar-refractivity contribution in [1.82, 2.24) is 0 Å². The predicted octanol–water partition coefficient (Wildman–Crippen LogP) is 1.70. The molecule has 0 saturated carbocycles. The quantitative estimate of drug-likeness (QED) is 0.823. The van der Waals surface area contributed by atoms with E-state index in [1.165, 1.54) is 5.56 Å². The highest BCUT2D eigenvalue weighted by atomic mass is 16.5. The van der Waals surface area contributed by atoms with Crippen molar-refractivity contribution < 1.29 is 15.2 Å². The molecule has 0 heterocycles. The monoisotopic (exact) mass is 266 g/mol. The van der Waals surface area contributed by atoms with Gasteiger partial charge in [-0.3, -0.25) is 0 Å². The summed E-state index contributed by atoms with van der Waals surface area (Å²) in [6.07, 6.45) is -0.435. The Morgan fingerprint density at radius 1 is 1.21 bits per heavy atom. The maximum absolute atomic E-state index is 9.90. The Balaban J connectivity index is 2.58. The Morgan fingerprint density at radius 3 is 2.42 bits per heavy atom. The van der Waals surface area contributed by atoms with E-state index in [9.17, 15) is 5.11 Å². The summed E-state index contributed by atoms with van der Waals surface area (Å²) < 4.78 is 5.79. The van der Waals surface area contributed by atoms with Crippen LogP contribution in [0.1, 0.15) is 40.2 Å². The first-order valence-corrected chi connectivity index (χ1v) is 7.04. The zero-order chi connectivity index (χ0) is 14.5. The molecule has 0 aliphatic rings. The van der Waals surface area contributed by atoms with Crippen LogP contribution in [-0.4, -0.2) is 30.4 Å². The zero-order valence-electron chi connectivity index (χ0n) is 12.8. The number of hydrogen-bond acceptors (Lipinski definition) is 2. The molecule has 0 unspecified atom stereocenters. The molecule has 108 valence electrons. The molecule has 1 rings (SSSR count). The minimum Gasteiger partial charge on any atom is -0.490 e. The van der Waals surface area contributed by atoms with Crippen molar-refractivity contribution in [2.45, 2.75) is 52.2 Å². The van der Waals surface area contributed by atoms with Gasteiger partial charge in [-0.1, -0.05) is 39.0 Å². The summed E-state index contributed by atoms with van der Waals surface area (Å²) in [6.45, 7) is 11.7. The van der Waals surface area contributed by atoms with Gasteiger partial charge in [0.25, 0.3) is 0 Å². The summed E-state index contributed by atoms with van der Waals surface area (Å²) in [4.78, 5) is 0. The molecule has 0 saturated heterocycles. The van der Waals surface area contributed by atoms with Crippen molar-refractivity contribution in [2.75, 3.05) is 13.2 Å². The lowest BCUT2D eigenvalue weighted by Gasteiger charge is -2.23. The third-order valence-electron chi connectivity index (χ3n) is 3.01. The van der Waals surface area contributed by atoms with Crippen LogP contribution >= 0.6 is 0 Å². The SMILES string of the molecule is CC(C)[NH2+]C[C@@H](O)COc1ccccc1C(C)(C)C. The molecule has 3 N–H and O–H groups in total. The van der Waals surface area contributed by atoms with Crippen LogP contribution in [0, 0.1) is 0 Å². The number of hydrogen-bond donors (Lipinski definition) is 2. The molecule has 1 aromatic rings. The lowest BCUT2D eigenvalue weighted by molar-refractivity contribution is -0.688. The van der Waals surface area contributed by atoms with Gasteiger partial charge in [-0.2, -0.15) is 0 Å². The average molecular weight is 266 g/mol. The van der Waals surface area contributed by atoms with Crippen LogP contribution < -0.4 is 10.1 Å². The zero-order valence-corrected chi connectivity index (χ0v) is 12.8. The van der Waals surface area contributed by atoms with Crippen molar-refractivity contribution in [3.05, 3.63) is 29.8 Å². The van der Waals surface area contributed by atoms with E-state index >= 15 is 0 Å². The Hall–Kier alpha value is -1.06. The number of nitrogens with two attached hydrogens (primary N) is 1. The normalized spacial score (nSPS) is 13.6. The summed E-state index contributed by atoms with van der Waals surface area (Å²) >= 11 is 0. The van der Waals surface area contributed by atoms with E-state index in [1.54, 1.807) is 0 Å². The largest absolute Gasteiger partial charge is 0.490 e. The van der Waals surface area contributed by atoms with Gasteiger partial charge in [0.1, 0.15) is 25.0 Å². The summed E-state index contributed by atoms with van der Waals surface area (Å²) in [5.41, 5.74) is 1.22. The standard InChI is InChI=1S/C16H27NO2/c1-12(2)17-10-13(18)11-19-15-9-7-6-8-14(15)16(3,4)5/h6-9,12-13,17-18H,10-11H2,1-5H3/p+1/t13-/m1/s1. The molecule has 0 fully saturated rings. The second-order valence-corrected chi connectivity index (χ2v) is 6.43. The van der Waals surface area contributed by atoms with Gasteiger partial charge in [0.15, 0.2) is 0 Å². The Morgan fingerprint density at radius 2 is 1.84 bits per heavy atom. The third-order valence-corrected chi connectivity index (χ3v) is 3.01. The number of ether oxygens (including phenoxy) is 1. The molecule has 1 atom stereocenters. The second kappa shape index (κ2) is 6.92. The molecule has 1 aromatic carbocycles. The first-order chi connectivity index (χ1) is 8.80. The van der Waals surface area contributed by atoms with E-state index in [4.69, 9.17) is 4.74 Å². The second-order valence-electron chi connectivity index (χ2n) is 6.43. The molecule has 0 aromatic heterocycles. The van der Waals surface area contributed by atoms with E-state index in [0.717, 1.165) is 5.75 Å². The summed E-state index contributed by atoms with van der Waals surface area (Å²) in [6, 6.07) is 8.55. The first-order valence-electron chi connectivity index (χ1n) is 7.04. The van der Waals surface area contributed by atoms with E-state index in [0.29, 0.717) is 19.2 Å². The molecular formula is C16H28NO2+. The molecular weight excluding hydrogens is 238 g/mol. The van der Waals surface area contributed by atoms with Crippen LogP contribution in [0.25, 0.3) is 0 Å². The fourth-order valence-electron chi connectivity index (χ4n) is 1.90. The number of para-hydroxylation sites is 1. The van der Waals surface area contributed by atoms with Crippen molar-refractivity contribution in [3.63, 3.8) is 0 Å². The third kappa shape index (κ3) is 5.62. The molecule has 0 radical (unpaired) electrons. The Kier molecular flexibility index (Phi) is 5.83. The summed E-state index contributed by atoms with van der Waals surface area (Å²) in [7, 11) is 0. The summed E-state index contributed by atoms with van der Waals surface area (Å²) in [5, 5.41) is 12.0. The molecule has 3 heteroatoms.